The van der Waals surface area contributed by atoms with Crippen molar-refractivity contribution in [3.8, 4) is 11.3 Å². The summed E-state index contributed by atoms with van der Waals surface area (Å²) >= 11 is 0. The van der Waals surface area contributed by atoms with Crippen molar-refractivity contribution < 1.29 is 22.4 Å². The topological polar surface area (TPSA) is 73.0 Å². The van der Waals surface area contributed by atoms with Gasteiger partial charge in [-0.3, -0.25) is 9.48 Å². The third-order valence-corrected chi connectivity index (χ3v) is 4.43. The number of aryl methyl sites for hydroxylation is 2. The lowest BCUT2D eigenvalue weighted by Crippen LogP contribution is -2.11. The highest BCUT2D eigenvalue weighted by Crippen LogP contribution is 2.32. The third-order valence-electron chi connectivity index (χ3n) is 4.43. The fourth-order valence-electron chi connectivity index (χ4n) is 3.03. The molecule has 1 amide bonds. The Bertz CT molecular complexity index is 1220. The fourth-order valence-corrected chi connectivity index (χ4v) is 3.03. The Morgan fingerprint density at radius 1 is 1.17 bits per heavy atom. The normalized spacial score (nSPS) is 11.8. The van der Waals surface area contributed by atoms with Crippen LogP contribution in [0.2, 0.25) is 0 Å². The molecule has 4 rings (SSSR count). The van der Waals surface area contributed by atoms with Crippen molar-refractivity contribution in [3.05, 3.63) is 65.7 Å². The molecule has 0 unspecified atom stereocenters. The number of pyridine rings is 1. The van der Waals surface area contributed by atoms with Crippen LogP contribution in [0.5, 0.6) is 0 Å². The molecule has 29 heavy (non-hydrogen) atoms. The SMILES string of the molecule is Cc1nn(C)c2ncc(NC(=O)c3ccc(-c4cccc(C(F)(F)F)c4)o3)cc12. The molecule has 3 heterocycles. The van der Waals surface area contributed by atoms with Crippen LogP contribution in [0, 0.1) is 6.92 Å². The van der Waals surface area contributed by atoms with E-state index in [1.54, 1.807) is 17.8 Å². The van der Waals surface area contributed by atoms with Gasteiger partial charge in [-0.1, -0.05) is 12.1 Å². The van der Waals surface area contributed by atoms with Crippen molar-refractivity contribution in [2.24, 2.45) is 7.05 Å². The van der Waals surface area contributed by atoms with Gasteiger partial charge in [0.25, 0.3) is 5.91 Å². The van der Waals surface area contributed by atoms with Gasteiger partial charge < -0.3 is 9.73 Å². The maximum Gasteiger partial charge on any atom is 0.416 e. The molecule has 6 nitrogen and oxygen atoms in total. The van der Waals surface area contributed by atoms with Crippen molar-refractivity contribution in [1.82, 2.24) is 14.8 Å². The van der Waals surface area contributed by atoms with Crippen LogP contribution >= 0.6 is 0 Å². The second-order valence-electron chi connectivity index (χ2n) is 6.50. The van der Waals surface area contributed by atoms with E-state index >= 15 is 0 Å². The van der Waals surface area contributed by atoms with Gasteiger partial charge in [0, 0.05) is 18.0 Å². The summed E-state index contributed by atoms with van der Waals surface area (Å²) in [5.74, 6) is -0.399. The van der Waals surface area contributed by atoms with Gasteiger partial charge in [-0.25, -0.2) is 4.98 Å². The predicted molar refractivity (Wildman–Crippen MR) is 100 cm³/mol. The van der Waals surface area contributed by atoms with Crippen LogP contribution in [0.3, 0.4) is 0 Å². The summed E-state index contributed by atoms with van der Waals surface area (Å²) in [5, 5.41) is 7.75. The number of hydrogen-bond donors (Lipinski definition) is 1. The number of benzene rings is 1. The summed E-state index contributed by atoms with van der Waals surface area (Å²) in [6, 6.07) is 9.34. The van der Waals surface area contributed by atoms with E-state index in [0.29, 0.717) is 11.3 Å². The second-order valence-corrected chi connectivity index (χ2v) is 6.50. The molecule has 4 aromatic rings. The van der Waals surface area contributed by atoms with E-state index in [4.69, 9.17) is 4.42 Å². The summed E-state index contributed by atoms with van der Waals surface area (Å²) in [5.41, 5.74) is 1.36. The zero-order chi connectivity index (χ0) is 20.8. The summed E-state index contributed by atoms with van der Waals surface area (Å²) in [4.78, 5) is 16.8. The summed E-state index contributed by atoms with van der Waals surface area (Å²) in [6.45, 7) is 1.84. The van der Waals surface area contributed by atoms with E-state index in [1.807, 2.05) is 6.92 Å². The van der Waals surface area contributed by atoms with Crippen molar-refractivity contribution in [3.63, 3.8) is 0 Å². The molecular weight excluding hydrogens is 385 g/mol. The van der Waals surface area contributed by atoms with Crippen molar-refractivity contribution in [2.45, 2.75) is 13.1 Å². The van der Waals surface area contributed by atoms with E-state index < -0.39 is 17.6 Å². The first kappa shape index (κ1) is 18.7. The number of nitrogens with zero attached hydrogens (tertiary/aromatic N) is 3. The van der Waals surface area contributed by atoms with Crippen molar-refractivity contribution in [1.29, 1.82) is 0 Å². The third kappa shape index (κ3) is 3.58. The highest BCUT2D eigenvalue weighted by molar-refractivity contribution is 6.03. The minimum atomic E-state index is -4.46. The number of nitrogens with one attached hydrogen (secondary N) is 1. The van der Waals surface area contributed by atoms with Gasteiger partial charge >= 0.3 is 6.18 Å². The number of fused-ring (bicyclic) bond motifs is 1. The molecule has 0 spiro atoms. The minimum Gasteiger partial charge on any atom is -0.451 e. The zero-order valence-corrected chi connectivity index (χ0v) is 15.4. The molecule has 0 saturated carbocycles. The number of hydrogen-bond acceptors (Lipinski definition) is 4. The van der Waals surface area contributed by atoms with Gasteiger partial charge in [0.2, 0.25) is 0 Å². The maximum absolute atomic E-state index is 12.9. The summed E-state index contributed by atoms with van der Waals surface area (Å²) in [7, 11) is 1.78. The molecule has 1 aromatic carbocycles. The Kier molecular flexibility index (Phi) is 4.37. The van der Waals surface area contributed by atoms with Gasteiger partial charge in [-0.2, -0.15) is 18.3 Å². The molecule has 0 bridgehead atoms. The molecule has 0 aliphatic heterocycles. The zero-order valence-electron chi connectivity index (χ0n) is 15.4. The molecule has 0 radical (unpaired) electrons. The number of carbonyl (C=O) groups excluding carboxylic acids is 1. The fraction of sp³-hybridized carbons (Fsp3) is 0.150. The van der Waals surface area contributed by atoms with Crippen molar-refractivity contribution in [2.75, 3.05) is 5.32 Å². The molecule has 0 saturated heterocycles. The Morgan fingerprint density at radius 2 is 1.97 bits per heavy atom. The number of aromatic nitrogens is 3. The standard InChI is InChI=1S/C20H15F3N4O2/c1-11-15-9-14(10-24-18(15)27(2)26-11)25-19(28)17-7-6-16(29-17)12-4-3-5-13(8-12)20(21,22)23/h3-10H,1-2H3,(H,25,28). The summed E-state index contributed by atoms with van der Waals surface area (Å²) in [6.07, 6.45) is -2.96. The van der Waals surface area contributed by atoms with Gasteiger partial charge in [0.15, 0.2) is 11.4 Å². The Hall–Kier alpha value is -3.62. The molecule has 3 aromatic heterocycles. The van der Waals surface area contributed by atoms with Crippen LogP contribution in [0.15, 0.2) is 53.1 Å². The Morgan fingerprint density at radius 3 is 2.72 bits per heavy atom. The maximum atomic E-state index is 12.9. The van der Waals surface area contributed by atoms with Crippen LogP contribution in [0.1, 0.15) is 21.8 Å². The molecule has 0 atom stereocenters. The number of halogens is 3. The van der Waals surface area contributed by atoms with Crippen LogP contribution in [0.4, 0.5) is 18.9 Å². The van der Waals surface area contributed by atoms with E-state index in [1.165, 1.54) is 30.5 Å². The lowest BCUT2D eigenvalue weighted by Gasteiger charge is -2.07. The lowest BCUT2D eigenvalue weighted by atomic mass is 10.1. The average molecular weight is 400 g/mol. The molecule has 148 valence electrons. The highest BCUT2D eigenvalue weighted by atomic mass is 19.4. The van der Waals surface area contributed by atoms with Crippen LogP contribution in [-0.2, 0) is 13.2 Å². The van der Waals surface area contributed by atoms with Crippen LogP contribution < -0.4 is 5.32 Å². The summed E-state index contributed by atoms with van der Waals surface area (Å²) < 4.78 is 45.8. The molecule has 0 aliphatic rings. The molecular formula is C20H15F3N4O2. The van der Waals surface area contributed by atoms with E-state index in [2.05, 4.69) is 15.4 Å². The first-order valence-corrected chi connectivity index (χ1v) is 8.60. The molecule has 1 N–H and O–H groups in total. The van der Waals surface area contributed by atoms with Gasteiger partial charge in [-0.15, -0.1) is 0 Å². The van der Waals surface area contributed by atoms with E-state index in [-0.39, 0.29) is 17.1 Å². The first-order chi connectivity index (χ1) is 13.7. The predicted octanol–water partition coefficient (Wildman–Crippen LogP) is 4.81. The van der Waals surface area contributed by atoms with E-state index in [0.717, 1.165) is 23.2 Å². The smallest absolute Gasteiger partial charge is 0.416 e. The first-order valence-electron chi connectivity index (χ1n) is 8.60. The van der Waals surface area contributed by atoms with Crippen molar-refractivity contribution >= 4 is 22.6 Å². The highest BCUT2D eigenvalue weighted by Gasteiger charge is 2.30. The lowest BCUT2D eigenvalue weighted by molar-refractivity contribution is -0.137. The second kappa shape index (κ2) is 6.77. The minimum absolute atomic E-state index is 0.0274. The van der Waals surface area contributed by atoms with Gasteiger partial charge in [-0.05, 0) is 37.3 Å². The van der Waals surface area contributed by atoms with Crippen LogP contribution in [-0.4, -0.2) is 20.7 Å². The largest absolute Gasteiger partial charge is 0.451 e. The average Bonchev–Trinajstić information content (AvgIpc) is 3.27. The van der Waals surface area contributed by atoms with Gasteiger partial charge in [0.1, 0.15) is 5.76 Å². The number of furan rings is 1. The van der Waals surface area contributed by atoms with E-state index in [9.17, 15) is 18.0 Å². The molecule has 0 fully saturated rings. The number of amides is 1. The van der Waals surface area contributed by atoms with Gasteiger partial charge in [0.05, 0.1) is 23.1 Å². The number of rotatable bonds is 3. The van der Waals surface area contributed by atoms with Crippen LogP contribution in [0.25, 0.3) is 22.4 Å². The number of anilines is 1. The Labute approximate surface area is 163 Å². The number of alkyl halides is 3. The monoisotopic (exact) mass is 400 g/mol. The quantitative estimate of drug-likeness (QED) is 0.536. The number of carbonyl (C=O) groups is 1. The Balaban J connectivity index is 1.57. The molecule has 0 aliphatic carbocycles. The molecule has 9 heteroatoms.